The third-order valence-corrected chi connectivity index (χ3v) is 6.39. The van der Waals surface area contributed by atoms with Crippen molar-refractivity contribution in [1.82, 2.24) is 20.8 Å². The summed E-state index contributed by atoms with van der Waals surface area (Å²) in [5.41, 5.74) is 7.87. The summed E-state index contributed by atoms with van der Waals surface area (Å²) in [6.07, 6.45) is 4.38. The molecule has 29 heavy (non-hydrogen) atoms. The minimum absolute atomic E-state index is 0.100. The van der Waals surface area contributed by atoms with E-state index in [0.29, 0.717) is 31.7 Å². The first-order chi connectivity index (χ1) is 14.1. The average Bonchev–Trinajstić information content (AvgIpc) is 3.31. The Labute approximate surface area is 172 Å². The molecule has 7 atom stereocenters. The molecule has 4 unspecified atom stereocenters. The van der Waals surface area contributed by atoms with Gasteiger partial charge in [0.05, 0.1) is 36.7 Å². The molecule has 2 saturated heterocycles. The number of aliphatic hydroxyl groups is 1. The van der Waals surface area contributed by atoms with Crippen molar-refractivity contribution in [3.8, 4) is 0 Å². The predicted molar refractivity (Wildman–Crippen MR) is 107 cm³/mol. The van der Waals surface area contributed by atoms with Crippen molar-refractivity contribution in [2.45, 2.75) is 62.7 Å². The lowest BCUT2D eigenvalue weighted by molar-refractivity contribution is -0.0623. The molecular weight excluding hydrogens is 374 g/mol. The molecular formula is C20H33N5O4. The SMILES string of the molecule is COC[C@H](C)OC1CCC2NNC(c3cc(N4C[C@H](OC)[C@@H](O)C4)ncn3)C2C1. The molecule has 0 aromatic carbocycles. The number of fused-ring (bicyclic) bond motifs is 1. The Kier molecular flexibility index (Phi) is 6.63. The van der Waals surface area contributed by atoms with Gasteiger partial charge in [0.15, 0.2) is 0 Å². The number of nitrogens with one attached hydrogen (secondary N) is 2. The van der Waals surface area contributed by atoms with Gasteiger partial charge in [-0.15, -0.1) is 0 Å². The molecule has 0 spiro atoms. The summed E-state index contributed by atoms with van der Waals surface area (Å²) in [5.74, 6) is 1.23. The summed E-state index contributed by atoms with van der Waals surface area (Å²) in [6.45, 7) is 3.82. The number of hydrogen-bond donors (Lipinski definition) is 3. The second-order valence-electron chi connectivity index (χ2n) is 8.42. The standard InChI is InChI=1S/C20H33N5O4/c1-12(10-27-2)29-13-4-5-15-14(6-13)20(24-23-15)16-7-19(22-11-21-16)25-8-17(26)18(9-25)28-3/h7,11-15,17-18,20,23-24,26H,4-6,8-10H2,1-3H3/t12-,13?,14?,15?,17-,18-,20?/m0/s1. The average molecular weight is 408 g/mol. The van der Waals surface area contributed by atoms with E-state index in [4.69, 9.17) is 14.2 Å². The van der Waals surface area contributed by atoms with Gasteiger partial charge < -0.3 is 24.2 Å². The number of nitrogens with zero attached hydrogens (tertiary/aromatic N) is 3. The Balaban J connectivity index is 1.44. The number of anilines is 1. The lowest BCUT2D eigenvalue weighted by atomic mass is 9.79. The maximum atomic E-state index is 10.1. The van der Waals surface area contributed by atoms with Gasteiger partial charge in [-0.05, 0) is 26.2 Å². The maximum Gasteiger partial charge on any atom is 0.132 e. The lowest BCUT2D eigenvalue weighted by Gasteiger charge is -2.34. The van der Waals surface area contributed by atoms with Gasteiger partial charge in [-0.1, -0.05) is 0 Å². The van der Waals surface area contributed by atoms with E-state index < -0.39 is 6.10 Å². The van der Waals surface area contributed by atoms with E-state index in [9.17, 15) is 5.11 Å². The van der Waals surface area contributed by atoms with E-state index >= 15 is 0 Å². The second-order valence-corrected chi connectivity index (χ2v) is 8.42. The highest BCUT2D eigenvalue weighted by Gasteiger charge is 2.42. The summed E-state index contributed by atoms with van der Waals surface area (Å²) in [4.78, 5) is 11.1. The smallest absolute Gasteiger partial charge is 0.132 e. The molecule has 0 bridgehead atoms. The van der Waals surface area contributed by atoms with Crippen LogP contribution >= 0.6 is 0 Å². The van der Waals surface area contributed by atoms with Gasteiger partial charge in [-0.25, -0.2) is 15.4 Å². The van der Waals surface area contributed by atoms with Gasteiger partial charge in [0.25, 0.3) is 0 Å². The van der Waals surface area contributed by atoms with Gasteiger partial charge in [-0.2, -0.15) is 0 Å². The highest BCUT2D eigenvalue weighted by molar-refractivity contribution is 5.42. The number of methoxy groups -OCH3 is 2. The summed E-state index contributed by atoms with van der Waals surface area (Å²) < 4.78 is 16.8. The summed E-state index contributed by atoms with van der Waals surface area (Å²) >= 11 is 0. The van der Waals surface area contributed by atoms with E-state index in [1.165, 1.54) is 0 Å². The van der Waals surface area contributed by atoms with E-state index in [0.717, 1.165) is 30.8 Å². The van der Waals surface area contributed by atoms with Crippen LogP contribution in [0.25, 0.3) is 0 Å². The van der Waals surface area contributed by atoms with Crippen LogP contribution in [-0.2, 0) is 14.2 Å². The molecule has 9 heteroatoms. The molecule has 1 saturated carbocycles. The van der Waals surface area contributed by atoms with Crippen molar-refractivity contribution >= 4 is 5.82 Å². The van der Waals surface area contributed by atoms with Crippen LogP contribution in [0.5, 0.6) is 0 Å². The predicted octanol–water partition coefficient (Wildman–Crippen LogP) is 0.410. The van der Waals surface area contributed by atoms with Crippen LogP contribution in [-0.4, -0.2) is 79.4 Å². The van der Waals surface area contributed by atoms with Crippen molar-refractivity contribution < 1.29 is 19.3 Å². The number of aliphatic hydroxyl groups excluding tert-OH is 1. The van der Waals surface area contributed by atoms with Gasteiger partial charge in [0, 0.05) is 45.3 Å². The molecule has 0 amide bonds. The number of aromatic nitrogens is 2. The summed E-state index contributed by atoms with van der Waals surface area (Å²) in [5, 5.41) is 10.1. The Morgan fingerprint density at radius 2 is 2.10 bits per heavy atom. The fourth-order valence-electron chi connectivity index (χ4n) is 4.92. The largest absolute Gasteiger partial charge is 0.388 e. The Hall–Kier alpha value is -1.36. The van der Waals surface area contributed by atoms with Crippen LogP contribution in [0, 0.1) is 5.92 Å². The maximum absolute atomic E-state index is 10.1. The van der Waals surface area contributed by atoms with E-state index in [1.54, 1.807) is 20.5 Å². The fraction of sp³-hybridized carbons (Fsp3) is 0.800. The molecule has 3 aliphatic rings. The molecule has 0 radical (unpaired) electrons. The monoisotopic (exact) mass is 407 g/mol. The van der Waals surface area contributed by atoms with Crippen LogP contribution in [0.3, 0.4) is 0 Å². The van der Waals surface area contributed by atoms with Crippen molar-refractivity contribution in [2.24, 2.45) is 5.92 Å². The minimum atomic E-state index is -0.501. The Morgan fingerprint density at radius 3 is 2.86 bits per heavy atom. The highest BCUT2D eigenvalue weighted by Crippen LogP contribution is 2.39. The molecule has 162 valence electrons. The first kappa shape index (κ1) is 20.9. The number of β-amino-alcohol motifs (C(OH)–C–C–N with tert-alkyl or cyclic N) is 1. The summed E-state index contributed by atoms with van der Waals surface area (Å²) in [6, 6.07) is 2.56. The molecule has 3 N–H and O–H groups in total. The zero-order chi connectivity index (χ0) is 20.4. The molecule has 1 aliphatic carbocycles. The first-order valence-corrected chi connectivity index (χ1v) is 10.5. The summed E-state index contributed by atoms with van der Waals surface area (Å²) in [7, 11) is 3.34. The minimum Gasteiger partial charge on any atom is -0.388 e. The quantitative estimate of drug-likeness (QED) is 0.593. The number of hydrogen-bond acceptors (Lipinski definition) is 9. The van der Waals surface area contributed by atoms with Gasteiger partial charge >= 0.3 is 0 Å². The van der Waals surface area contributed by atoms with Gasteiger partial charge in [-0.3, -0.25) is 5.43 Å². The lowest BCUT2D eigenvalue weighted by Crippen LogP contribution is -2.38. The van der Waals surface area contributed by atoms with E-state index in [-0.39, 0.29) is 24.4 Å². The first-order valence-electron chi connectivity index (χ1n) is 10.5. The normalized spacial score (nSPS) is 35.7. The van der Waals surface area contributed by atoms with E-state index in [1.807, 2.05) is 6.07 Å². The molecule has 1 aromatic rings. The number of rotatable bonds is 7. The van der Waals surface area contributed by atoms with Gasteiger partial charge in [0.2, 0.25) is 0 Å². The molecule has 3 fully saturated rings. The van der Waals surface area contributed by atoms with Crippen LogP contribution < -0.4 is 15.8 Å². The van der Waals surface area contributed by atoms with E-state index in [2.05, 4.69) is 32.6 Å². The van der Waals surface area contributed by atoms with Crippen molar-refractivity contribution in [1.29, 1.82) is 0 Å². The zero-order valence-corrected chi connectivity index (χ0v) is 17.5. The number of hydrazine groups is 1. The second kappa shape index (κ2) is 9.20. The molecule has 1 aromatic heterocycles. The highest BCUT2D eigenvalue weighted by atomic mass is 16.5. The van der Waals surface area contributed by atoms with Crippen molar-refractivity contribution in [2.75, 3.05) is 38.8 Å². The van der Waals surface area contributed by atoms with Gasteiger partial charge in [0.1, 0.15) is 18.2 Å². The molecule has 2 aliphatic heterocycles. The number of ether oxygens (including phenoxy) is 3. The van der Waals surface area contributed by atoms with Crippen molar-refractivity contribution in [3.63, 3.8) is 0 Å². The van der Waals surface area contributed by atoms with Crippen LogP contribution in [0.4, 0.5) is 5.82 Å². The Bertz CT molecular complexity index is 680. The Morgan fingerprint density at radius 1 is 1.24 bits per heavy atom. The van der Waals surface area contributed by atoms with Crippen LogP contribution in [0.2, 0.25) is 0 Å². The van der Waals surface area contributed by atoms with Crippen LogP contribution in [0.1, 0.15) is 37.9 Å². The van der Waals surface area contributed by atoms with Crippen molar-refractivity contribution in [3.05, 3.63) is 18.1 Å². The molecule has 3 heterocycles. The topological polar surface area (TPSA) is 101 Å². The van der Waals surface area contributed by atoms with Crippen LogP contribution in [0.15, 0.2) is 12.4 Å². The molecule has 9 nitrogen and oxygen atoms in total. The molecule has 4 rings (SSSR count). The third-order valence-electron chi connectivity index (χ3n) is 6.39. The third kappa shape index (κ3) is 4.55. The fourth-order valence-corrected chi connectivity index (χ4v) is 4.92. The zero-order valence-electron chi connectivity index (χ0n) is 17.5.